The molecule has 140 valence electrons. The van der Waals surface area contributed by atoms with Crippen LogP contribution >= 0.6 is 0 Å². The lowest BCUT2D eigenvalue weighted by Crippen LogP contribution is -2.11. The number of aliphatic carboxylic acids is 1. The Morgan fingerprint density at radius 2 is 1.81 bits per heavy atom. The van der Waals surface area contributed by atoms with Crippen LogP contribution in [0.1, 0.15) is 5.56 Å². The summed E-state index contributed by atoms with van der Waals surface area (Å²) in [6.07, 6.45) is 1.52. The van der Waals surface area contributed by atoms with Gasteiger partial charge in [0.1, 0.15) is 18.1 Å². The predicted octanol–water partition coefficient (Wildman–Crippen LogP) is 2.40. The molecule has 2 aromatic carbocycles. The lowest BCUT2D eigenvalue weighted by Gasteiger charge is -2.05. The Morgan fingerprint density at radius 1 is 1.19 bits per heavy atom. The van der Waals surface area contributed by atoms with Gasteiger partial charge < -0.3 is 5.11 Å². The molecule has 0 unspecified atom stereocenters. The zero-order chi connectivity index (χ0) is 19.8. The topological polar surface area (TPSA) is 115 Å². The number of hydrogen-bond donors (Lipinski definition) is 2. The minimum absolute atomic E-state index is 0.0563. The van der Waals surface area contributed by atoms with Crippen molar-refractivity contribution >= 4 is 16.0 Å². The van der Waals surface area contributed by atoms with E-state index in [4.69, 9.17) is 10.2 Å². The Kier molecular flexibility index (Phi) is 4.81. The van der Waals surface area contributed by atoms with Crippen molar-refractivity contribution < 1.29 is 22.7 Å². The highest BCUT2D eigenvalue weighted by Crippen LogP contribution is 2.32. The molecule has 0 bridgehead atoms. The molecule has 0 aliphatic heterocycles. The van der Waals surface area contributed by atoms with Crippen molar-refractivity contribution in [2.45, 2.75) is 18.4 Å². The summed E-state index contributed by atoms with van der Waals surface area (Å²) >= 11 is 0. The number of nitrogens with zero attached hydrogens (tertiary/aromatic N) is 2. The first-order chi connectivity index (χ1) is 12.6. The molecule has 0 amide bonds. The number of primary sulfonamides is 1. The van der Waals surface area contributed by atoms with E-state index in [1.54, 1.807) is 19.1 Å². The Hall–Kier alpha value is -3.04. The van der Waals surface area contributed by atoms with Crippen molar-refractivity contribution in [3.05, 3.63) is 60.0 Å². The number of halogens is 1. The van der Waals surface area contributed by atoms with Gasteiger partial charge in [-0.3, -0.25) is 9.48 Å². The smallest absolute Gasteiger partial charge is 0.325 e. The van der Waals surface area contributed by atoms with Crippen molar-refractivity contribution in [1.82, 2.24) is 9.78 Å². The van der Waals surface area contributed by atoms with Crippen LogP contribution in [0.2, 0.25) is 0 Å². The molecule has 0 spiro atoms. The lowest BCUT2D eigenvalue weighted by atomic mass is 10.0. The van der Waals surface area contributed by atoms with Crippen molar-refractivity contribution in [1.29, 1.82) is 0 Å². The molecule has 1 heterocycles. The molecule has 0 radical (unpaired) electrons. The van der Waals surface area contributed by atoms with E-state index in [-0.39, 0.29) is 11.4 Å². The van der Waals surface area contributed by atoms with Gasteiger partial charge in [0.25, 0.3) is 0 Å². The fourth-order valence-corrected chi connectivity index (χ4v) is 3.14. The monoisotopic (exact) mass is 389 g/mol. The first-order valence-electron chi connectivity index (χ1n) is 7.84. The largest absolute Gasteiger partial charge is 0.480 e. The van der Waals surface area contributed by atoms with Crippen LogP contribution in [-0.2, 0) is 21.4 Å². The minimum Gasteiger partial charge on any atom is -0.480 e. The first kappa shape index (κ1) is 18.7. The van der Waals surface area contributed by atoms with Crippen molar-refractivity contribution in [3.63, 3.8) is 0 Å². The van der Waals surface area contributed by atoms with Gasteiger partial charge in [-0.15, -0.1) is 0 Å². The van der Waals surface area contributed by atoms with Crippen LogP contribution in [0.15, 0.2) is 53.6 Å². The van der Waals surface area contributed by atoms with Crippen LogP contribution in [-0.4, -0.2) is 29.3 Å². The summed E-state index contributed by atoms with van der Waals surface area (Å²) in [6.45, 7) is 1.27. The Labute approximate surface area is 154 Å². The number of aryl methyl sites for hydroxylation is 1. The third-order valence-corrected chi connectivity index (χ3v) is 4.93. The fourth-order valence-electron chi connectivity index (χ4n) is 2.63. The molecule has 3 N–H and O–H groups in total. The van der Waals surface area contributed by atoms with Gasteiger partial charge >= 0.3 is 5.97 Å². The van der Waals surface area contributed by atoms with Crippen LogP contribution in [0.5, 0.6) is 0 Å². The molecule has 27 heavy (non-hydrogen) atoms. The average molecular weight is 389 g/mol. The van der Waals surface area contributed by atoms with Crippen LogP contribution in [0.25, 0.3) is 22.4 Å². The normalized spacial score (nSPS) is 11.5. The molecule has 1 aromatic heterocycles. The third kappa shape index (κ3) is 4.04. The average Bonchev–Trinajstić information content (AvgIpc) is 2.99. The number of sulfonamides is 1. The number of carboxylic acid groups (broad SMARTS) is 1. The Bertz CT molecular complexity index is 1120. The summed E-state index contributed by atoms with van der Waals surface area (Å²) in [6, 6.07) is 10.4. The summed E-state index contributed by atoms with van der Waals surface area (Å²) in [5, 5.41) is 18.4. The van der Waals surface area contributed by atoms with Crippen molar-refractivity contribution in [3.8, 4) is 22.4 Å². The molecule has 7 nitrogen and oxygen atoms in total. The van der Waals surface area contributed by atoms with Crippen molar-refractivity contribution in [2.75, 3.05) is 0 Å². The number of nitrogens with two attached hydrogens (primary N) is 1. The second kappa shape index (κ2) is 6.93. The van der Waals surface area contributed by atoms with E-state index in [0.29, 0.717) is 27.9 Å². The van der Waals surface area contributed by atoms with E-state index in [1.807, 2.05) is 0 Å². The van der Waals surface area contributed by atoms with Crippen LogP contribution < -0.4 is 5.14 Å². The van der Waals surface area contributed by atoms with E-state index in [0.717, 1.165) is 0 Å². The number of carboxylic acids is 1. The second-order valence-corrected chi connectivity index (χ2v) is 7.58. The third-order valence-electron chi connectivity index (χ3n) is 4.00. The van der Waals surface area contributed by atoms with E-state index in [9.17, 15) is 17.6 Å². The molecule has 0 saturated carbocycles. The maximum Gasteiger partial charge on any atom is 0.325 e. The molecule has 0 saturated heterocycles. The van der Waals surface area contributed by atoms with Crippen LogP contribution in [0, 0.1) is 12.7 Å². The standard InChI is InChI=1S/C18H16FN3O4S/c1-11-2-3-13(8-16(11)19)15-9-22(10-17(23)24)21-18(15)12-4-6-14(7-5-12)27(20,25)26/h2-9H,10H2,1H3,(H,23,24)(H2,20,25,26). The van der Waals surface area contributed by atoms with Crippen molar-refractivity contribution in [2.24, 2.45) is 5.14 Å². The molecule has 9 heteroatoms. The summed E-state index contributed by atoms with van der Waals surface area (Å²) in [7, 11) is -3.84. The zero-order valence-corrected chi connectivity index (χ0v) is 15.1. The molecule has 0 fully saturated rings. The van der Waals surface area contributed by atoms with Gasteiger partial charge in [-0.2, -0.15) is 5.10 Å². The highest BCUT2D eigenvalue weighted by atomic mass is 32.2. The summed E-state index contributed by atoms with van der Waals surface area (Å²) < 4.78 is 38.1. The first-order valence-corrected chi connectivity index (χ1v) is 9.39. The predicted molar refractivity (Wildman–Crippen MR) is 96.8 cm³/mol. The minimum atomic E-state index is -3.84. The summed E-state index contributed by atoms with van der Waals surface area (Å²) in [5.41, 5.74) is 2.48. The highest BCUT2D eigenvalue weighted by Gasteiger charge is 2.16. The van der Waals surface area contributed by atoms with Gasteiger partial charge in [0.15, 0.2) is 0 Å². The number of benzene rings is 2. The van der Waals surface area contributed by atoms with Gasteiger partial charge in [-0.1, -0.05) is 24.3 Å². The maximum absolute atomic E-state index is 14.0. The Morgan fingerprint density at radius 3 is 2.37 bits per heavy atom. The molecule has 0 atom stereocenters. The summed E-state index contributed by atoms with van der Waals surface area (Å²) in [4.78, 5) is 11.0. The fraction of sp³-hybridized carbons (Fsp3) is 0.111. The molecule has 3 aromatic rings. The van der Waals surface area contributed by atoms with Gasteiger partial charge in [0.2, 0.25) is 10.0 Å². The Balaban J connectivity index is 2.14. The molecular weight excluding hydrogens is 373 g/mol. The van der Waals surface area contributed by atoms with E-state index in [1.165, 1.54) is 41.2 Å². The maximum atomic E-state index is 14.0. The van der Waals surface area contributed by atoms with Gasteiger partial charge in [-0.25, -0.2) is 17.9 Å². The quantitative estimate of drug-likeness (QED) is 0.695. The molecule has 3 rings (SSSR count). The zero-order valence-electron chi connectivity index (χ0n) is 14.3. The van der Waals surface area contributed by atoms with Gasteiger partial charge in [0.05, 0.1) is 4.90 Å². The lowest BCUT2D eigenvalue weighted by molar-refractivity contribution is -0.137. The second-order valence-electron chi connectivity index (χ2n) is 6.02. The molecule has 0 aliphatic rings. The van der Waals surface area contributed by atoms with E-state index in [2.05, 4.69) is 5.10 Å². The van der Waals surface area contributed by atoms with E-state index >= 15 is 0 Å². The van der Waals surface area contributed by atoms with Crippen LogP contribution in [0.4, 0.5) is 4.39 Å². The van der Waals surface area contributed by atoms with Gasteiger partial charge in [-0.05, 0) is 36.2 Å². The molecule has 0 aliphatic carbocycles. The number of hydrogen-bond acceptors (Lipinski definition) is 4. The van der Waals surface area contributed by atoms with Crippen LogP contribution in [0.3, 0.4) is 0 Å². The number of rotatable bonds is 5. The van der Waals surface area contributed by atoms with E-state index < -0.39 is 21.8 Å². The molecular formula is C18H16FN3O4S. The number of aromatic nitrogens is 2. The highest BCUT2D eigenvalue weighted by molar-refractivity contribution is 7.89. The van der Waals surface area contributed by atoms with Gasteiger partial charge in [0, 0.05) is 17.3 Å². The SMILES string of the molecule is Cc1ccc(-c2cn(CC(=O)O)nc2-c2ccc(S(N)(=O)=O)cc2)cc1F. The number of carbonyl (C=O) groups is 1. The summed E-state index contributed by atoms with van der Waals surface area (Å²) in [5.74, 6) is -1.47.